The quantitative estimate of drug-likeness (QED) is 0.625. The number of hydrogen-bond acceptors (Lipinski definition) is 3. The number of hydrogen-bond donors (Lipinski definition) is 2. The fourth-order valence-corrected chi connectivity index (χ4v) is 3.76. The number of benzene rings is 1. The highest BCUT2D eigenvalue weighted by Crippen LogP contribution is 2.26. The molecule has 0 fully saturated rings. The smallest absolute Gasteiger partial charge is 0.0508 e. The molecule has 1 heterocycles. The number of hydrazine groups is 1. The van der Waals surface area contributed by atoms with E-state index in [9.17, 15) is 0 Å². The summed E-state index contributed by atoms with van der Waals surface area (Å²) in [6, 6.07) is 10.5. The van der Waals surface area contributed by atoms with Gasteiger partial charge in [-0.2, -0.15) is 0 Å². The second-order valence-electron chi connectivity index (χ2n) is 3.71. The number of thiophene rings is 1. The minimum absolute atomic E-state index is 0.127. The number of nitrogens with two attached hydrogens (primary N) is 1. The van der Waals surface area contributed by atoms with Crippen LogP contribution in [0.3, 0.4) is 0 Å². The van der Waals surface area contributed by atoms with Crippen molar-refractivity contribution in [3.8, 4) is 0 Å². The van der Waals surface area contributed by atoms with Gasteiger partial charge in [-0.25, -0.2) is 0 Å². The standard InChI is InChI=1S/C12H12Br2N2S/c13-9-4-8(5-10(14)6-9)12(16-15)7-11-2-1-3-17-11/h1-6,12,16H,7,15H2. The van der Waals surface area contributed by atoms with Gasteiger partial charge in [0.05, 0.1) is 6.04 Å². The van der Waals surface area contributed by atoms with Crippen LogP contribution in [0.25, 0.3) is 0 Å². The predicted octanol–water partition coefficient (Wildman–Crippen LogP) is 4.02. The van der Waals surface area contributed by atoms with E-state index in [2.05, 4.69) is 66.9 Å². The topological polar surface area (TPSA) is 38.0 Å². The van der Waals surface area contributed by atoms with E-state index in [0.29, 0.717) is 0 Å². The molecule has 1 unspecified atom stereocenters. The zero-order chi connectivity index (χ0) is 12.3. The van der Waals surface area contributed by atoms with Crippen molar-refractivity contribution in [1.82, 2.24) is 5.43 Å². The first-order chi connectivity index (χ1) is 8.19. The average molecular weight is 376 g/mol. The van der Waals surface area contributed by atoms with E-state index < -0.39 is 0 Å². The summed E-state index contributed by atoms with van der Waals surface area (Å²) in [6.07, 6.45) is 0.900. The van der Waals surface area contributed by atoms with Crippen LogP contribution in [0, 0.1) is 0 Å². The van der Waals surface area contributed by atoms with Gasteiger partial charge in [-0.05, 0) is 35.2 Å². The van der Waals surface area contributed by atoms with Crippen LogP contribution in [0.5, 0.6) is 0 Å². The third-order valence-electron chi connectivity index (χ3n) is 2.47. The van der Waals surface area contributed by atoms with E-state index in [1.54, 1.807) is 11.3 Å². The van der Waals surface area contributed by atoms with E-state index >= 15 is 0 Å². The Balaban J connectivity index is 2.22. The fourth-order valence-electron chi connectivity index (χ4n) is 1.68. The molecule has 2 nitrogen and oxygen atoms in total. The lowest BCUT2D eigenvalue weighted by Crippen LogP contribution is -2.29. The molecule has 0 aliphatic carbocycles. The molecule has 0 bridgehead atoms. The Morgan fingerprint density at radius 3 is 2.47 bits per heavy atom. The summed E-state index contributed by atoms with van der Waals surface area (Å²) in [4.78, 5) is 1.32. The Morgan fingerprint density at radius 1 is 1.24 bits per heavy atom. The number of rotatable bonds is 4. The maximum Gasteiger partial charge on any atom is 0.0508 e. The minimum atomic E-state index is 0.127. The van der Waals surface area contributed by atoms with Crippen LogP contribution in [0.2, 0.25) is 0 Å². The van der Waals surface area contributed by atoms with Gasteiger partial charge in [0.2, 0.25) is 0 Å². The van der Waals surface area contributed by atoms with Gasteiger partial charge < -0.3 is 0 Å². The van der Waals surface area contributed by atoms with E-state index in [-0.39, 0.29) is 6.04 Å². The molecule has 0 amide bonds. The van der Waals surface area contributed by atoms with Gasteiger partial charge in [0, 0.05) is 20.2 Å². The lowest BCUT2D eigenvalue weighted by Gasteiger charge is -2.16. The largest absolute Gasteiger partial charge is 0.271 e. The van der Waals surface area contributed by atoms with Gasteiger partial charge in [-0.3, -0.25) is 11.3 Å². The SMILES string of the molecule is NNC(Cc1cccs1)c1cc(Br)cc(Br)c1. The molecule has 0 saturated carbocycles. The maximum absolute atomic E-state index is 5.65. The van der Waals surface area contributed by atoms with Gasteiger partial charge in [0.15, 0.2) is 0 Å². The molecule has 0 aliphatic heterocycles. The zero-order valence-electron chi connectivity index (χ0n) is 8.99. The highest BCUT2D eigenvalue weighted by atomic mass is 79.9. The summed E-state index contributed by atoms with van der Waals surface area (Å²) in [6.45, 7) is 0. The Hall–Kier alpha value is -0.200. The van der Waals surface area contributed by atoms with Crippen molar-refractivity contribution in [2.45, 2.75) is 12.5 Å². The first-order valence-corrected chi connectivity index (χ1v) is 7.60. The second-order valence-corrected chi connectivity index (χ2v) is 6.57. The summed E-state index contributed by atoms with van der Waals surface area (Å²) in [5.74, 6) is 5.65. The van der Waals surface area contributed by atoms with Gasteiger partial charge in [-0.1, -0.05) is 37.9 Å². The molecule has 2 aromatic rings. The van der Waals surface area contributed by atoms with Crippen LogP contribution in [0.4, 0.5) is 0 Å². The van der Waals surface area contributed by atoms with Crippen LogP contribution in [-0.2, 0) is 6.42 Å². The highest BCUT2D eigenvalue weighted by molar-refractivity contribution is 9.11. The van der Waals surface area contributed by atoms with Crippen molar-refractivity contribution in [3.63, 3.8) is 0 Å². The highest BCUT2D eigenvalue weighted by Gasteiger charge is 2.12. The van der Waals surface area contributed by atoms with Gasteiger partial charge >= 0.3 is 0 Å². The molecule has 1 atom stereocenters. The molecule has 1 aromatic carbocycles. The Kier molecular flexibility index (Phi) is 4.76. The van der Waals surface area contributed by atoms with E-state index in [1.165, 1.54) is 10.4 Å². The molecule has 0 spiro atoms. The molecular weight excluding hydrogens is 364 g/mol. The monoisotopic (exact) mass is 374 g/mol. The summed E-state index contributed by atoms with van der Waals surface area (Å²) in [5, 5.41) is 2.08. The Bertz CT molecular complexity index is 465. The molecule has 0 radical (unpaired) electrons. The minimum Gasteiger partial charge on any atom is -0.271 e. The molecule has 0 aliphatic rings. The maximum atomic E-state index is 5.65. The van der Waals surface area contributed by atoms with Crippen molar-refractivity contribution in [1.29, 1.82) is 0 Å². The van der Waals surface area contributed by atoms with E-state index in [1.807, 2.05) is 6.07 Å². The number of nitrogens with one attached hydrogen (secondary N) is 1. The Labute approximate surface area is 121 Å². The van der Waals surface area contributed by atoms with Crippen LogP contribution in [0.15, 0.2) is 44.7 Å². The fraction of sp³-hybridized carbons (Fsp3) is 0.167. The first-order valence-electron chi connectivity index (χ1n) is 5.13. The summed E-state index contributed by atoms with van der Waals surface area (Å²) < 4.78 is 2.10. The second kappa shape index (κ2) is 6.11. The molecule has 0 saturated heterocycles. The predicted molar refractivity (Wildman–Crippen MR) is 79.9 cm³/mol. The molecule has 3 N–H and O–H groups in total. The zero-order valence-corrected chi connectivity index (χ0v) is 13.0. The van der Waals surface area contributed by atoms with Crippen molar-refractivity contribution in [2.24, 2.45) is 5.84 Å². The third-order valence-corrected chi connectivity index (χ3v) is 4.29. The summed E-state index contributed by atoms with van der Waals surface area (Å²) in [7, 11) is 0. The van der Waals surface area contributed by atoms with Crippen molar-refractivity contribution in [3.05, 3.63) is 55.1 Å². The molecule has 90 valence electrons. The van der Waals surface area contributed by atoms with Crippen molar-refractivity contribution in [2.75, 3.05) is 0 Å². The lowest BCUT2D eigenvalue weighted by molar-refractivity contribution is 0.555. The molecule has 5 heteroatoms. The van der Waals surface area contributed by atoms with Crippen molar-refractivity contribution < 1.29 is 0 Å². The van der Waals surface area contributed by atoms with Crippen LogP contribution in [-0.4, -0.2) is 0 Å². The van der Waals surface area contributed by atoms with E-state index in [4.69, 9.17) is 5.84 Å². The van der Waals surface area contributed by atoms with Crippen molar-refractivity contribution >= 4 is 43.2 Å². The molecule has 2 rings (SSSR count). The lowest BCUT2D eigenvalue weighted by atomic mass is 10.0. The molecule has 17 heavy (non-hydrogen) atoms. The van der Waals surface area contributed by atoms with Gasteiger partial charge in [0.25, 0.3) is 0 Å². The first kappa shape index (κ1) is 13.2. The van der Waals surface area contributed by atoms with Crippen LogP contribution >= 0.6 is 43.2 Å². The molecule has 1 aromatic heterocycles. The van der Waals surface area contributed by atoms with Gasteiger partial charge in [-0.15, -0.1) is 11.3 Å². The summed E-state index contributed by atoms with van der Waals surface area (Å²) in [5.41, 5.74) is 4.04. The molecular formula is C12H12Br2N2S. The number of halogens is 2. The van der Waals surface area contributed by atoms with E-state index in [0.717, 1.165) is 15.4 Å². The van der Waals surface area contributed by atoms with Crippen LogP contribution < -0.4 is 11.3 Å². The Morgan fingerprint density at radius 2 is 1.94 bits per heavy atom. The van der Waals surface area contributed by atoms with Crippen LogP contribution in [0.1, 0.15) is 16.5 Å². The summed E-state index contributed by atoms with van der Waals surface area (Å²) >= 11 is 8.74. The third kappa shape index (κ3) is 3.63. The van der Waals surface area contributed by atoms with Gasteiger partial charge in [0.1, 0.15) is 0 Å². The average Bonchev–Trinajstić information content (AvgIpc) is 2.77. The normalized spacial score (nSPS) is 12.6.